The molecule has 1 heterocycles. The van der Waals surface area contributed by atoms with Gasteiger partial charge in [-0.2, -0.15) is 0 Å². The number of esters is 1. The van der Waals surface area contributed by atoms with Gasteiger partial charge in [0.2, 0.25) is 0 Å². The van der Waals surface area contributed by atoms with Gasteiger partial charge >= 0.3 is 5.97 Å². The van der Waals surface area contributed by atoms with Gasteiger partial charge in [0.1, 0.15) is 6.10 Å². The van der Waals surface area contributed by atoms with Gasteiger partial charge in [0.25, 0.3) is 0 Å². The highest BCUT2D eigenvalue weighted by molar-refractivity contribution is 6.31. The second-order valence-electron chi connectivity index (χ2n) is 3.23. The van der Waals surface area contributed by atoms with Gasteiger partial charge in [-0.3, -0.25) is 0 Å². The van der Waals surface area contributed by atoms with Crippen LogP contribution in [0.3, 0.4) is 0 Å². The molecule has 2 rings (SSSR count). The molecule has 0 bridgehead atoms. The Morgan fingerprint density at radius 1 is 1.57 bits per heavy atom. The molecule has 1 atom stereocenters. The zero-order valence-electron chi connectivity index (χ0n) is 7.50. The minimum absolute atomic E-state index is 0.241. The van der Waals surface area contributed by atoms with Gasteiger partial charge in [0.15, 0.2) is 0 Å². The summed E-state index contributed by atoms with van der Waals surface area (Å²) in [5.74, 6) is -0.329. The molecular formula is C10H10ClNO2. The first kappa shape index (κ1) is 9.49. The molecular weight excluding hydrogens is 202 g/mol. The Balaban J connectivity index is 2.45. The molecule has 0 saturated carbocycles. The first-order chi connectivity index (χ1) is 6.72. The molecule has 2 N–H and O–H groups in total. The van der Waals surface area contributed by atoms with Crippen molar-refractivity contribution in [3.05, 3.63) is 34.3 Å². The molecule has 0 fully saturated rings. The van der Waals surface area contributed by atoms with E-state index in [2.05, 4.69) is 0 Å². The van der Waals surface area contributed by atoms with Crippen LogP contribution in [0.1, 0.15) is 15.9 Å². The lowest BCUT2D eigenvalue weighted by Gasteiger charge is -2.23. The number of carbonyl (C=O) groups excluding carboxylic acids is 1. The van der Waals surface area contributed by atoms with Crippen LogP contribution in [0.2, 0.25) is 5.02 Å². The smallest absolute Gasteiger partial charge is 0.338 e. The Bertz CT molecular complexity index is 378. The van der Waals surface area contributed by atoms with Crippen molar-refractivity contribution in [2.75, 3.05) is 6.54 Å². The summed E-state index contributed by atoms with van der Waals surface area (Å²) in [5.41, 5.74) is 6.86. The molecule has 1 aliphatic heterocycles. The van der Waals surface area contributed by atoms with Gasteiger partial charge in [0, 0.05) is 18.0 Å². The number of rotatable bonds is 1. The van der Waals surface area contributed by atoms with Crippen LogP contribution < -0.4 is 5.73 Å². The zero-order valence-corrected chi connectivity index (χ0v) is 8.25. The Morgan fingerprint density at radius 2 is 2.36 bits per heavy atom. The maximum atomic E-state index is 11.5. The fourth-order valence-electron chi connectivity index (χ4n) is 1.57. The number of carbonyl (C=O) groups is 1. The summed E-state index contributed by atoms with van der Waals surface area (Å²) in [7, 11) is 0. The monoisotopic (exact) mass is 211 g/mol. The van der Waals surface area contributed by atoms with E-state index in [0.717, 1.165) is 5.56 Å². The van der Waals surface area contributed by atoms with Crippen LogP contribution in [0.4, 0.5) is 0 Å². The van der Waals surface area contributed by atoms with Gasteiger partial charge in [-0.05, 0) is 17.7 Å². The summed E-state index contributed by atoms with van der Waals surface area (Å²) in [6.07, 6.45) is 0.368. The maximum absolute atomic E-state index is 11.5. The number of nitrogens with two attached hydrogens (primary N) is 1. The SMILES string of the molecule is NCC1Cc2c(Cl)cccc2C(=O)O1. The fourth-order valence-corrected chi connectivity index (χ4v) is 1.82. The predicted molar refractivity (Wildman–Crippen MR) is 53.4 cm³/mol. The number of benzene rings is 1. The Morgan fingerprint density at radius 3 is 3.07 bits per heavy atom. The molecule has 0 aromatic heterocycles. The van der Waals surface area contributed by atoms with E-state index in [1.807, 2.05) is 0 Å². The molecule has 3 nitrogen and oxygen atoms in total. The lowest BCUT2D eigenvalue weighted by molar-refractivity contribution is 0.0279. The number of fused-ring (bicyclic) bond motifs is 1. The quantitative estimate of drug-likeness (QED) is 0.714. The maximum Gasteiger partial charge on any atom is 0.338 e. The normalized spacial score (nSPS) is 20.1. The highest BCUT2D eigenvalue weighted by Crippen LogP contribution is 2.26. The molecule has 0 radical (unpaired) electrons. The van der Waals surface area contributed by atoms with Crippen molar-refractivity contribution in [3.63, 3.8) is 0 Å². The lowest BCUT2D eigenvalue weighted by Crippen LogP contribution is -2.33. The fraction of sp³-hybridized carbons (Fsp3) is 0.300. The van der Waals surface area contributed by atoms with E-state index in [9.17, 15) is 4.79 Å². The minimum Gasteiger partial charge on any atom is -0.457 e. The van der Waals surface area contributed by atoms with Crippen molar-refractivity contribution in [2.45, 2.75) is 12.5 Å². The van der Waals surface area contributed by atoms with E-state index in [1.165, 1.54) is 0 Å². The Kier molecular flexibility index (Phi) is 2.44. The summed E-state index contributed by atoms with van der Waals surface area (Å²) in [5, 5.41) is 0.609. The van der Waals surface area contributed by atoms with E-state index in [0.29, 0.717) is 23.6 Å². The standard InChI is InChI=1S/C10H10ClNO2/c11-9-3-1-2-7-8(9)4-6(5-12)14-10(7)13/h1-3,6H,4-5,12H2. The summed E-state index contributed by atoms with van der Waals surface area (Å²) < 4.78 is 5.09. The Hall–Kier alpha value is -1.06. The van der Waals surface area contributed by atoms with Crippen LogP contribution in [0.5, 0.6) is 0 Å². The first-order valence-corrected chi connectivity index (χ1v) is 4.78. The Labute approximate surface area is 86.8 Å². The van der Waals surface area contributed by atoms with Crippen molar-refractivity contribution >= 4 is 17.6 Å². The van der Waals surface area contributed by atoms with Crippen LogP contribution in [-0.4, -0.2) is 18.6 Å². The minimum atomic E-state index is -0.329. The summed E-state index contributed by atoms with van der Waals surface area (Å²) in [6, 6.07) is 5.23. The highest BCUT2D eigenvalue weighted by atomic mass is 35.5. The van der Waals surface area contributed by atoms with Crippen LogP contribution in [0, 0.1) is 0 Å². The van der Waals surface area contributed by atoms with Gasteiger partial charge in [-0.25, -0.2) is 4.79 Å². The second-order valence-corrected chi connectivity index (χ2v) is 3.64. The van der Waals surface area contributed by atoms with Crippen LogP contribution >= 0.6 is 11.6 Å². The predicted octanol–water partition coefficient (Wildman–Crippen LogP) is 1.38. The summed E-state index contributed by atoms with van der Waals surface area (Å²) >= 11 is 5.98. The largest absolute Gasteiger partial charge is 0.457 e. The molecule has 1 aromatic carbocycles. The van der Waals surface area contributed by atoms with Gasteiger partial charge in [-0.1, -0.05) is 17.7 Å². The van der Waals surface area contributed by atoms with Crippen LogP contribution in [0.15, 0.2) is 18.2 Å². The molecule has 74 valence electrons. The molecule has 1 aliphatic rings. The number of cyclic esters (lactones) is 1. The highest BCUT2D eigenvalue weighted by Gasteiger charge is 2.26. The topological polar surface area (TPSA) is 52.3 Å². The molecule has 1 unspecified atom stereocenters. The second kappa shape index (κ2) is 3.59. The molecule has 4 heteroatoms. The van der Waals surface area contributed by atoms with Gasteiger partial charge < -0.3 is 10.5 Å². The van der Waals surface area contributed by atoms with Crippen molar-refractivity contribution in [1.82, 2.24) is 0 Å². The number of hydrogen-bond acceptors (Lipinski definition) is 3. The van der Waals surface area contributed by atoms with E-state index in [-0.39, 0.29) is 12.1 Å². The molecule has 0 spiro atoms. The van der Waals surface area contributed by atoms with Gasteiger partial charge in [0.05, 0.1) is 5.56 Å². The molecule has 0 saturated heterocycles. The van der Waals surface area contributed by atoms with Crippen molar-refractivity contribution in [2.24, 2.45) is 5.73 Å². The summed E-state index contributed by atoms with van der Waals surface area (Å²) in [4.78, 5) is 11.5. The van der Waals surface area contributed by atoms with E-state index in [1.54, 1.807) is 18.2 Å². The zero-order chi connectivity index (χ0) is 10.1. The van der Waals surface area contributed by atoms with Crippen LogP contribution in [-0.2, 0) is 11.2 Å². The molecule has 0 amide bonds. The number of ether oxygens (including phenoxy) is 1. The third-order valence-electron chi connectivity index (χ3n) is 2.31. The molecule has 0 aliphatic carbocycles. The van der Waals surface area contributed by atoms with E-state index in [4.69, 9.17) is 22.1 Å². The van der Waals surface area contributed by atoms with Crippen LogP contribution in [0.25, 0.3) is 0 Å². The third kappa shape index (κ3) is 1.49. The average molecular weight is 212 g/mol. The lowest BCUT2D eigenvalue weighted by atomic mass is 9.98. The number of hydrogen-bond donors (Lipinski definition) is 1. The van der Waals surface area contributed by atoms with Crippen molar-refractivity contribution in [3.8, 4) is 0 Å². The first-order valence-electron chi connectivity index (χ1n) is 4.41. The van der Waals surface area contributed by atoms with E-state index < -0.39 is 0 Å². The van der Waals surface area contributed by atoms with Gasteiger partial charge in [-0.15, -0.1) is 0 Å². The number of halogens is 1. The molecule has 1 aromatic rings. The average Bonchev–Trinajstić information content (AvgIpc) is 2.19. The van der Waals surface area contributed by atoms with Crippen molar-refractivity contribution in [1.29, 1.82) is 0 Å². The van der Waals surface area contributed by atoms with Crippen molar-refractivity contribution < 1.29 is 9.53 Å². The molecule has 14 heavy (non-hydrogen) atoms. The third-order valence-corrected chi connectivity index (χ3v) is 2.66. The summed E-state index contributed by atoms with van der Waals surface area (Å²) in [6.45, 7) is 0.330. The van der Waals surface area contributed by atoms with E-state index >= 15 is 0 Å².